The number of carbonyl (C=O) groups excluding carboxylic acids is 4. The lowest BCUT2D eigenvalue weighted by atomic mass is 9.85. The number of methoxy groups -OCH3 is 1. The van der Waals surface area contributed by atoms with E-state index in [4.69, 9.17) is 26.9 Å². The third-order valence-electron chi connectivity index (χ3n) is 7.06. The fraction of sp³-hybridized carbons (Fsp3) is 0.520. The first-order valence-electron chi connectivity index (χ1n) is 12.2. The third kappa shape index (κ3) is 5.59. The quantitative estimate of drug-likeness (QED) is 0.374. The van der Waals surface area contributed by atoms with Crippen molar-refractivity contribution in [2.45, 2.75) is 51.4 Å². The van der Waals surface area contributed by atoms with Crippen LogP contribution in [0.5, 0.6) is 5.75 Å². The van der Waals surface area contributed by atoms with Crippen LogP contribution in [0.2, 0.25) is 5.02 Å². The number of ether oxygens (including phenoxy) is 1. The molecule has 1 aromatic heterocycles. The molecule has 0 spiro atoms. The number of primary amides is 1. The summed E-state index contributed by atoms with van der Waals surface area (Å²) in [6, 6.07) is 3.29. The van der Waals surface area contributed by atoms with E-state index in [1.54, 1.807) is 12.1 Å². The lowest BCUT2D eigenvalue weighted by Gasteiger charge is -2.26. The topological polar surface area (TPSA) is 153 Å². The standard InChI is InChI=1S/C25H31ClN4O6/c1-12(15-4-3-7-28-24(15)33)8-19(31)36-30-25(34)17(9-13-5-6-13)20-16-10-14(35-2)11-18(26)21(16)29-22(20)23(27)32/h10-13,15,17,29H,3-9H2,1-2H3,(H2,27,32)(H,28,33)(H,30,34)/t12?,15-,17-/m0/s1. The van der Waals surface area contributed by atoms with Crippen molar-refractivity contribution >= 4 is 46.2 Å². The molecule has 2 aromatic rings. The third-order valence-corrected chi connectivity index (χ3v) is 7.35. The van der Waals surface area contributed by atoms with Crippen molar-refractivity contribution in [3.8, 4) is 5.75 Å². The van der Waals surface area contributed by atoms with E-state index in [0.29, 0.717) is 52.5 Å². The largest absolute Gasteiger partial charge is 0.497 e. The molecule has 3 atom stereocenters. The normalized spacial score (nSPS) is 19.3. The molecule has 2 heterocycles. The van der Waals surface area contributed by atoms with Crippen molar-refractivity contribution in [1.82, 2.24) is 15.8 Å². The van der Waals surface area contributed by atoms with Crippen molar-refractivity contribution in [3.63, 3.8) is 0 Å². The van der Waals surface area contributed by atoms with Gasteiger partial charge < -0.3 is 25.6 Å². The second-order valence-corrected chi connectivity index (χ2v) is 10.1. The predicted molar refractivity (Wildman–Crippen MR) is 132 cm³/mol. The summed E-state index contributed by atoms with van der Waals surface area (Å²) in [6.45, 7) is 2.46. The first-order valence-corrected chi connectivity index (χ1v) is 12.5. The van der Waals surface area contributed by atoms with Crippen LogP contribution in [-0.4, -0.2) is 42.3 Å². The lowest BCUT2D eigenvalue weighted by molar-refractivity contribution is -0.160. The zero-order valence-corrected chi connectivity index (χ0v) is 21.1. The monoisotopic (exact) mass is 518 g/mol. The summed E-state index contributed by atoms with van der Waals surface area (Å²) in [7, 11) is 1.49. The average Bonchev–Trinajstić information content (AvgIpc) is 3.58. The number of nitrogens with two attached hydrogens (primary N) is 1. The zero-order chi connectivity index (χ0) is 26.0. The van der Waals surface area contributed by atoms with Crippen LogP contribution in [-0.2, 0) is 19.2 Å². The Hall–Kier alpha value is -3.27. The van der Waals surface area contributed by atoms with Gasteiger partial charge in [-0.2, -0.15) is 5.48 Å². The van der Waals surface area contributed by atoms with Crippen LogP contribution in [0, 0.1) is 17.8 Å². The van der Waals surface area contributed by atoms with Gasteiger partial charge in [-0.1, -0.05) is 31.4 Å². The summed E-state index contributed by atoms with van der Waals surface area (Å²) >= 11 is 6.40. The highest BCUT2D eigenvalue weighted by Gasteiger charge is 2.36. The highest BCUT2D eigenvalue weighted by Crippen LogP contribution is 2.43. The van der Waals surface area contributed by atoms with E-state index in [0.717, 1.165) is 19.3 Å². The van der Waals surface area contributed by atoms with E-state index in [1.165, 1.54) is 7.11 Å². The van der Waals surface area contributed by atoms with E-state index in [1.807, 2.05) is 6.92 Å². The number of rotatable bonds is 9. The molecule has 2 fully saturated rings. The molecule has 194 valence electrons. The van der Waals surface area contributed by atoms with Crippen LogP contribution in [0.15, 0.2) is 12.1 Å². The molecule has 1 unspecified atom stereocenters. The maximum absolute atomic E-state index is 13.3. The number of H-pyrrole nitrogens is 1. The Kier molecular flexibility index (Phi) is 7.73. The van der Waals surface area contributed by atoms with Gasteiger partial charge in [0.1, 0.15) is 11.4 Å². The van der Waals surface area contributed by atoms with Crippen molar-refractivity contribution in [3.05, 3.63) is 28.4 Å². The first kappa shape index (κ1) is 25.8. The molecular formula is C25H31ClN4O6. The Morgan fingerprint density at radius 2 is 2.00 bits per heavy atom. The number of hydroxylamine groups is 1. The molecule has 0 bridgehead atoms. The van der Waals surface area contributed by atoms with Gasteiger partial charge in [0.15, 0.2) is 0 Å². The minimum Gasteiger partial charge on any atom is -0.497 e. The highest BCUT2D eigenvalue weighted by molar-refractivity contribution is 6.35. The number of hydrogen-bond acceptors (Lipinski definition) is 6. The van der Waals surface area contributed by atoms with Crippen LogP contribution < -0.4 is 21.3 Å². The van der Waals surface area contributed by atoms with Gasteiger partial charge in [-0.3, -0.25) is 14.4 Å². The zero-order valence-electron chi connectivity index (χ0n) is 20.3. The van der Waals surface area contributed by atoms with Gasteiger partial charge in [-0.15, -0.1) is 0 Å². The number of aromatic nitrogens is 1. The minimum absolute atomic E-state index is 0.0158. The second kappa shape index (κ2) is 10.8. The Morgan fingerprint density at radius 1 is 1.25 bits per heavy atom. The number of fused-ring (bicyclic) bond motifs is 1. The van der Waals surface area contributed by atoms with Gasteiger partial charge >= 0.3 is 5.97 Å². The molecule has 2 aliphatic rings. The molecule has 1 saturated heterocycles. The van der Waals surface area contributed by atoms with Crippen LogP contribution in [0.1, 0.15) is 67.4 Å². The fourth-order valence-electron chi connectivity index (χ4n) is 4.93. The molecule has 1 aliphatic carbocycles. The summed E-state index contributed by atoms with van der Waals surface area (Å²) in [5, 5.41) is 3.67. The molecule has 0 radical (unpaired) electrons. The fourth-order valence-corrected chi connectivity index (χ4v) is 5.19. The van der Waals surface area contributed by atoms with Crippen LogP contribution in [0.3, 0.4) is 0 Å². The number of halogens is 1. The summed E-state index contributed by atoms with van der Waals surface area (Å²) in [6.07, 6.45) is 3.92. The average molecular weight is 519 g/mol. The van der Waals surface area contributed by atoms with E-state index in [-0.39, 0.29) is 29.9 Å². The van der Waals surface area contributed by atoms with Crippen molar-refractivity contribution in [2.24, 2.45) is 23.5 Å². The molecular weight excluding hydrogens is 488 g/mol. The van der Waals surface area contributed by atoms with E-state index in [2.05, 4.69) is 15.8 Å². The van der Waals surface area contributed by atoms with Crippen LogP contribution in [0.4, 0.5) is 0 Å². The maximum Gasteiger partial charge on any atom is 0.332 e. The molecule has 1 aromatic carbocycles. The summed E-state index contributed by atoms with van der Waals surface area (Å²) < 4.78 is 5.32. The van der Waals surface area contributed by atoms with Gasteiger partial charge in [0, 0.05) is 29.5 Å². The number of aromatic amines is 1. The number of hydrogen-bond donors (Lipinski definition) is 4. The van der Waals surface area contributed by atoms with Crippen molar-refractivity contribution in [2.75, 3.05) is 13.7 Å². The van der Waals surface area contributed by atoms with Crippen LogP contribution in [0.25, 0.3) is 10.9 Å². The number of amides is 3. The SMILES string of the molecule is COc1cc(Cl)c2[nH]c(C(N)=O)c([C@H](CC3CC3)C(=O)NOC(=O)CC(C)[C@@H]3CCCNC3=O)c2c1. The Morgan fingerprint density at radius 3 is 2.64 bits per heavy atom. The molecule has 36 heavy (non-hydrogen) atoms. The molecule has 10 nitrogen and oxygen atoms in total. The summed E-state index contributed by atoms with van der Waals surface area (Å²) in [5.74, 6) is -2.57. The predicted octanol–water partition coefficient (Wildman–Crippen LogP) is 2.94. The van der Waals surface area contributed by atoms with Gasteiger partial charge in [0.05, 0.1) is 30.0 Å². The lowest BCUT2D eigenvalue weighted by Crippen LogP contribution is -2.40. The van der Waals surface area contributed by atoms with E-state index < -0.39 is 23.7 Å². The smallest absolute Gasteiger partial charge is 0.332 e. The van der Waals surface area contributed by atoms with Gasteiger partial charge in [0.2, 0.25) is 5.91 Å². The Labute approximate surface area is 213 Å². The second-order valence-electron chi connectivity index (χ2n) is 9.70. The first-order chi connectivity index (χ1) is 17.2. The Balaban J connectivity index is 1.54. The number of benzene rings is 1. The van der Waals surface area contributed by atoms with Crippen LogP contribution >= 0.6 is 11.6 Å². The molecule has 1 saturated carbocycles. The number of nitrogens with one attached hydrogen (secondary N) is 3. The summed E-state index contributed by atoms with van der Waals surface area (Å²) in [5.41, 5.74) is 8.86. The van der Waals surface area contributed by atoms with Crippen molar-refractivity contribution in [1.29, 1.82) is 0 Å². The molecule has 11 heteroatoms. The number of carbonyl (C=O) groups is 4. The molecule has 3 amide bonds. The molecule has 1 aliphatic heterocycles. The molecule has 5 N–H and O–H groups in total. The van der Waals surface area contributed by atoms with E-state index >= 15 is 0 Å². The van der Waals surface area contributed by atoms with Gasteiger partial charge in [-0.05, 0) is 37.2 Å². The minimum atomic E-state index is -0.814. The Bertz CT molecular complexity index is 1190. The van der Waals surface area contributed by atoms with Crippen molar-refractivity contribution < 1.29 is 28.8 Å². The van der Waals surface area contributed by atoms with Gasteiger partial charge in [0.25, 0.3) is 11.8 Å². The van der Waals surface area contributed by atoms with Gasteiger partial charge in [-0.25, -0.2) is 4.79 Å². The molecule has 4 rings (SSSR count). The maximum atomic E-state index is 13.3. The summed E-state index contributed by atoms with van der Waals surface area (Å²) in [4.78, 5) is 58.3. The number of piperidine rings is 1. The van der Waals surface area contributed by atoms with E-state index in [9.17, 15) is 19.2 Å². The highest BCUT2D eigenvalue weighted by atomic mass is 35.5.